The maximum atomic E-state index is 14.0. The molecular formula is C29H33N5O4S. The molecule has 1 saturated heterocycles. The van der Waals surface area contributed by atoms with E-state index in [-0.39, 0.29) is 17.9 Å². The van der Waals surface area contributed by atoms with Crippen LogP contribution in [0.15, 0.2) is 43.0 Å². The number of nitrogens with one attached hydrogen (secondary N) is 1. The standard InChI is InChI=1S/C29H33N5O4S/c1-4-21(35)34-12-6-7-16(14-34)33-28(37)26-23-22-19(10-11-20(30)25(22)39-26)29(32,27(36)24(23)31)18-9-8-17(38-5-2)13-15(18)3/h4,8-11,13,16,24H,1,5-7,12,14,30-32H2,2-3H3,(H,33,37). The van der Waals surface area contributed by atoms with E-state index in [4.69, 9.17) is 21.9 Å². The Morgan fingerprint density at radius 1 is 1.28 bits per heavy atom. The van der Waals surface area contributed by atoms with Gasteiger partial charge in [-0.25, -0.2) is 0 Å². The molecule has 3 atom stereocenters. The smallest absolute Gasteiger partial charge is 0.262 e. The molecule has 5 rings (SSSR count). The van der Waals surface area contributed by atoms with Crippen LogP contribution in [0.3, 0.4) is 0 Å². The van der Waals surface area contributed by atoms with Crippen molar-refractivity contribution in [3.8, 4) is 5.75 Å². The average molecular weight is 548 g/mol. The summed E-state index contributed by atoms with van der Waals surface area (Å²) in [6, 6.07) is 7.56. The third-order valence-electron chi connectivity index (χ3n) is 7.70. The first-order chi connectivity index (χ1) is 18.6. The summed E-state index contributed by atoms with van der Waals surface area (Å²) in [6.07, 6.45) is 2.77. The number of ketones is 1. The van der Waals surface area contributed by atoms with Gasteiger partial charge in [0.2, 0.25) is 5.91 Å². The van der Waals surface area contributed by atoms with Crippen LogP contribution in [0.25, 0.3) is 10.1 Å². The summed E-state index contributed by atoms with van der Waals surface area (Å²) in [5.74, 6) is -0.232. The number of anilines is 1. The summed E-state index contributed by atoms with van der Waals surface area (Å²) in [4.78, 5) is 41.8. The van der Waals surface area contributed by atoms with Crippen LogP contribution in [0.1, 0.15) is 57.7 Å². The molecule has 1 fully saturated rings. The lowest BCUT2D eigenvalue weighted by Crippen LogP contribution is -2.53. The van der Waals surface area contributed by atoms with E-state index in [2.05, 4.69) is 11.9 Å². The van der Waals surface area contributed by atoms with Gasteiger partial charge < -0.3 is 32.2 Å². The van der Waals surface area contributed by atoms with Gasteiger partial charge in [-0.3, -0.25) is 14.4 Å². The van der Waals surface area contributed by atoms with Crippen LogP contribution in [0.4, 0.5) is 5.69 Å². The summed E-state index contributed by atoms with van der Waals surface area (Å²) in [7, 11) is 0. The molecule has 9 nitrogen and oxygen atoms in total. The highest BCUT2D eigenvalue weighted by Crippen LogP contribution is 2.50. The molecule has 3 unspecified atom stereocenters. The fraction of sp³-hybridized carbons (Fsp3) is 0.345. The van der Waals surface area contributed by atoms with Crippen molar-refractivity contribution in [3.63, 3.8) is 0 Å². The van der Waals surface area contributed by atoms with Gasteiger partial charge >= 0.3 is 0 Å². The largest absolute Gasteiger partial charge is 0.494 e. The fourth-order valence-electron chi connectivity index (χ4n) is 5.84. The van der Waals surface area contributed by atoms with Crippen LogP contribution in [0.5, 0.6) is 5.75 Å². The molecule has 3 aromatic rings. The van der Waals surface area contributed by atoms with E-state index in [1.165, 1.54) is 17.4 Å². The predicted octanol–water partition coefficient (Wildman–Crippen LogP) is 2.88. The summed E-state index contributed by atoms with van der Waals surface area (Å²) < 4.78 is 6.29. The number of aryl methyl sites for hydroxylation is 1. The highest BCUT2D eigenvalue weighted by atomic mass is 32.1. The van der Waals surface area contributed by atoms with Crippen molar-refractivity contribution in [1.82, 2.24) is 10.2 Å². The summed E-state index contributed by atoms with van der Waals surface area (Å²) in [6.45, 7) is 8.86. The minimum atomic E-state index is -1.53. The van der Waals surface area contributed by atoms with Gasteiger partial charge in [-0.05, 0) is 67.7 Å². The molecule has 10 heteroatoms. The first-order valence-electron chi connectivity index (χ1n) is 13.0. The number of ether oxygens (including phenoxy) is 1. The lowest BCUT2D eigenvalue weighted by molar-refractivity contribution is -0.127. The van der Waals surface area contributed by atoms with E-state index in [1.54, 1.807) is 29.2 Å². The number of hydrogen-bond donors (Lipinski definition) is 4. The zero-order chi connectivity index (χ0) is 28.1. The topological polar surface area (TPSA) is 154 Å². The van der Waals surface area contributed by atoms with Gasteiger partial charge in [0, 0.05) is 35.8 Å². The van der Waals surface area contributed by atoms with Gasteiger partial charge in [-0.2, -0.15) is 0 Å². The van der Waals surface area contributed by atoms with Gasteiger partial charge in [0.25, 0.3) is 5.91 Å². The lowest BCUT2D eigenvalue weighted by atomic mass is 9.69. The number of nitrogen functional groups attached to an aromatic ring is 1. The second kappa shape index (κ2) is 10.1. The van der Waals surface area contributed by atoms with Crippen LogP contribution in [0, 0.1) is 6.92 Å². The van der Waals surface area contributed by atoms with Crippen molar-refractivity contribution < 1.29 is 19.1 Å². The van der Waals surface area contributed by atoms with Gasteiger partial charge in [0.1, 0.15) is 11.3 Å². The molecular weight excluding hydrogens is 514 g/mol. The minimum Gasteiger partial charge on any atom is -0.494 e. The molecule has 1 aliphatic carbocycles. The van der Waals surface area contributed by atoms with Gasteiger partial charge in [-0.15, -0.1) is 11.3 Å². The molecule has 2 amide bonds. The van der Waals surface area contributed by atoms with Crippen LogP contribution < -0.4 is 27.3 Å². The molecule has 0 radical (unpaired) electrons. The number of amides is 2. The van der Waals surface area contributed by atoms with Crippen molar-refractivity contribution in [2.75, 3.05) is 25.4 Å². The molecule has 2 aliphatic rings. The van der Waals surface area contributed by atoms with Crippen LogP contribution in [-0.2, 0) is 15.1 Å². The number of benzene rings is 2. The van der Waals surface area contributed by atoms with E-state index >= 15 is 0 Å². The molecule has 1 aliphatic heterocycles. The summed E-state index contributed by atoms with van der Waals surface area (Å²) in [5.41, 5.74) is 21.3. The molecule has 7 N–H and O–H groups in total. The van der Waals surface area contributed by atoms with Crippen LogP contribution in [-0.4, -0.2) is 48.2 Å². The van der Waals surface area contributed by atoms with E-state index in [1.807, 2.05) is 19.9 Å². The Bertz CT molecular complexity index is 1520. The number of likely N-dealkylation sites (tertiary alicyclic amines) is 1. The SMILES string of the molecule is C=CC(=O)N1CCCC(NC(=O)c2sc3c(N)ccc4c3c2C(N)C(=O)C4(N)c2ccc(OCC)cc2C)C1. The first-order valence-corrected chi connectivity index (χ1v) is 13.8. The average Bonchev–Trinajstić information content (AvgIpc) is 3.33. The van der Waals surface area contributed by atoms with E-state index < -0.39 is 17.4 Å². The number of hydrogen-bond acceptors (Lipinski definition) is 8. The monoisotopic (exact) mass is 547 g/mol. The quantitative estimate of drug-likeness (QED) is 0.273. The molecule has 0 saturated carbocycles. The molecule has 204 valence electrons. The Morgan fingerprint density at radius 2 is 2.03 bits per heavy atom. The predicted molar refractivity (Wildman–Crippen MR) is 153 cm³/mol. The van der Waals surface area contributed by atoms with Crippen molar-refractivity contribution in [2.24, 2.45) is 11.5 Å². The van der Waals surface area contributed by atoms with Crippen LogP contribution >= 0.6 is 11.3 Å². The number of nitrogens with two attached hydrogens (primary N) is 3. The van der Waals surface area contributed by atoms with E-state index in [9.17, 15) is 14.4 Å². The lowest BCUT2D eigenvalue weighted by Gasteiger charge is -2.37. The Hall–Kier alpha value is -3.73. The third-order valence-corrected chi connectivity index (χ3v) is 8.95. The minimum absolute atomic E-state index is 0.167. The van der Waals surface area contributed by atoms with Gasteiger partial charge in [-0.1, -0.05) is 18.7 Å². The van der Waals surface area contributed by atoms with E-state index in [0.29, 0.717) is 62.8 Å². The maximum Gasteiger partial charge on any atom is 0.262 e. The molecule has 2 heterocycles. The molecule has 2 aromatic carbocycles. The van der Waals surface area contributed by atoms with Crippen molar-refractivity contribution in [2.45, 2.75) is 44.3 Å². The Balaban J connectivity index is 1.59. The highest BCUT2D eigenvalue weighted by Gasteiger charge is 2.49. The number of piperidine rings is 1. The fourth-order valence-corrected chi connectivity index (χ4v) is 7.04. The van der Waals surface area contributed by atoms with Gasteiger partial charge in [0.15, 0.2) is 5.78 Å². The molecule has 39 heavy (non-hydrogen) atoms. The number of nitrogens with zero attached hydrogens (tertiary/aromatic N) is 1. The first kappa shape index (κ1) is 26.9. The van der Waals surface area contributed by atoms with Gasteiger partial charge in [0.05, 0.1) is 22.2 Å². The zero-order valence-corrected chi connectivity index (χ0v) is 22.9. The van der Waals surface area contributed by atoms with Crippen molar-refractivity contribution in [1.29, 1.82) is 0 Å². The van der Waals surface area contributed by atoms with Crippen molar-refractivity contribution >= 4 is 44.7 Å². The Labute approximate surface area is 231 Å². The normalized spacial score (nSPS) is 22.6. The molecule has 0 spiro atoms. The number of carbonyl (C=O) groups is 3. The maximum absolute atomic E-state index is 14.0. The Morgan fingerprint density at radius 3 is 2.72 bits per heavy atom. The molecule has 1 aromatic heterocycles. The Kier molecular flexibility index (Phi) is 6.96. The highest BCUT2D eigenvalue weighted by molar-refractivity contribution is 7.21. The van der Waals surface area contributed by atoms with Crippen molar-refractivity contribution in [3.05, 3.63) is 70.1 Å². The summed E-state index contributed by atoms with van der Waals surface area (Å²) in [5, 5.41) is 3.70. The van der Waals surface area contributed by atoms with E-state index in [0.717, 1.165) is 18.4 Å². The number of Topliss-reactive ketones (excluding diaryl/α,β-unsaturated/α-hetero) is 1. The second-order valence-corrected chi connectivity index (χ2v) is 11.1. The number of carbonyl (C=O) groups excluding carboxylic acids is 3. The van der Waals surface area contributed by atoms with Crippen LogP contribution in [0.2, 0.25) is 0 Å². The zero-order valence-electron chi connectivity index (χ0n) is 22.1. The third kappa shape index (κ3) is 4.28. The second-order valence-electron chi connectivity index (χ2n) is 10.1. The number of rotatable bonds is 6. The number of thiophene rings is 1. The summed E-state index contributed by atoms with van der Waals surface area (Å²) >= 11 is 1.21. The molecule has 0 bridgehead atoms.